The molecule has 2 aliphatic rings. The normalized spacial score (nSPS) is 33.9. The first kappa shape index (κ1) is 12.9. The van der Waals surface area contributed by atoms with Crippen molar-refractivity contribution < 1.29 is 4.79 Å². The molecule has 1 amide bonds. The summed E-state index contributed by atoms with van der Waals surface area (Å²) in [6, 6.07) is 0.0357. The van der Waals surface area contributed by atoms with E-state index in [-0.39, 0.29) is 17.5 Å². The quantitative estimate of drug-likeness (QED) is 0.734. The van der Waals surface area contributed by atoms with Crippen LogP contribution in [-0.2, 0) is 4.79 Å². The van der Waals surface area contributed by atoms with Crippen molar-refractivity contribution >= 4 is 5.91 Å². The van der Waals surface area contributed by atoms with Gasteiger partial charge in [-0.3, -0.25) is 4.79 Å². The van der Waals surface area contributed by atoms with Crippen LogP contribution < -0.4 is 10.6 Å². The minimum absolute atomic E-state index is 0.0357. The highest BCUT2D eigenvalue weighted by atomic mass is 16.2. The van der Waals surface area contributed by atoms with Crippen molar-refractivity contribution in [2.24, 2.45) is 11.8 Å². The molecular weight excluding hydrogens is 212 g/mol. The van der Waals surface area contributed by atoms with E-state index >= 15 is 0 Å². The predicted molar refractivity (Wildman–Crippen MR) is 69.8 cm³/mol. The van der Waals surface area contributed by atoms with Gasteiger partial charge in [0.15, 0.2) is 0 Å². The molecular formula is C14H26N2O. The minimum Gasteiger partial charge on any atom is -0.350 e. The van der Waals surface area contributed by atoms with E-state index < -0.39 is 0 Å². The lowest BCUT2D eigenvalue weighted by Gasteiger charge is -2.40. The Balaban J connectivity index is 1.89. The van der Waals surface area contributed by atoms with Crippen LogP contribution in [0.15, 0.2) is 0 Å². The Kier molecular flexibility index (Phi) is 3.76. The van der Waals surface area contributed by atoms with E-state index in [0.717, 1.165) is 24.8 Å². The lowest BCUT2D eigenvalue weighted by atomic mass is 9.73. The molecule has 0 aromatic heterocycles. The molecule has 3 atom stereocenters. The number of carbonyl (C=O) groups is 1. The summed E-state index contributed by atoms with van der Waals surface area (Å²) < 4.78 is 0. The fourth-order valence-corrected chi connectivity index (χ4v) is 3.20. The van der Waals surface area contributed by atoms with Crippen LogP contribution in [0.4, 0.5) is 0 Å². The Labute approximate surface area is 105 Å². The predicted octanol–water partition coefficient (Wildman–Crippen LogP) is 2.07. The van der Waals surface area contributed by atoms with E-state index in [1.165, 1.54) is 25.7 Å². The van der Waals surface area contributed by atoms with Gasteiger partial charge in [-0.2, -0.15) is 0 Å². The summed E-state index contributed by atoms with van der Waals surface area (Å²) in [5.41, 5.74) is -0.123. The van der Waals surface area contributed by atoms with Gasteiger partial charge < -0.3 is 10.6 Å². The number of fused-ring (bicyclic) bond motifs is 1. The average molecular weight is 238 g/mol. The van der Waals surface area contributed by atoms with Crippen LogP contribution in [0.3, 0.4) is 0 Å². The monoisotopic (exact) mass is 238 g/mol. The molecule has 2 fully saturated rings. The van der Waals surface area contributed by atoms with Gasteiger partial charge in [-0.25, -0.2) is 0 Å². The van der Waals surface area contributed by atoms with Gasteiger partial charge in [0.25, 0.3) is 0 Å². The summed E-state index contributed by atoms with van der Waals surface area (Å²) in [6.07, 6.45) is 6.44. The van der Waals surface area contributed by atoms with Crippen LogP contribution in [0.2, 0.25) is 0 Å². The number of hydrogen-bond acceptors (Lipinski definition) is 2. The van der Waals surface area contributed by atoms with Gasteiger partial charge in [-0.1, -0.05) is 19.3 Å². The Hall–Kier alpha value is -0.570. The lowest BCUT2D eigenvalue weighted by Crippen LogP contribution is -2.55. The molecule has 0 aromatic carbocycles. The maximum Gasteiger partial charge on any atom is 0.237 e. The molecule has 3 nitrogen and oxygen atoms in total. The topological polar surface area (TPSA) is 41.1 Å². The summed E-state index contributed by atoms with van der Waals surface area (Å²) >= 11 is 0. The minimum atomic E-state index is -0.123. The molecule has 1 aliphatic carbocycles. The zero-order chi connectivity index (χ0) is 12.5. The molecule has 0 aromatic rings. The van der Waals surface area contributed by atoms with Crippen molar-refractivity contribution in [3.63, 3.8) is 0 Å². The molecule has 1 saturated carbocycles. The van der Waals surface area contributed by atoms with Crippen molar-refractivity contribution in [2.75, 3.05) is 6.54 Å². The molecule has 1 aliphatic heterocycles. The Morgan fingerprint density at radius 1 is 1.18 bits per heavy atom. The van der Waals surface area contributed by atoms with Gasteiger partial charge in [0.05, 0.1) is 6.04 Å². The molecule has 0 spiro atoms. The van der Waals surface area contributed by atoms with Gasteiger partial charge in [0, 0.05) is 5.54 Å². The third-order valence-electron chi connectivity index (χ3n) is 4.05. The second-order valence-electron chi connectivity index (χ2n) is 6.74. The second kappa shape index (κ2) is 4.97. The van der Waals surface area contributed by atoms with Gasteiger partial charge in [-0.15, -0.1) is 0 Å². The fraction of sp³-hybridized carbons (Fsp3) is 0.929. The van der Waals surface area contributed by atoms with Gasteiger partial charge >= 0.3 is 0 Å². The first-order valence-electron chi connectivity index (χ1n) is 7.01. The molecule has 0 radical (unpaired) electrons. The highest BCUT2D eigenvalue weighted by molar-refractivity contribution is 5.82. The number of hydrogen-bond donors (Lipinski definition) is 2. The van der Waals surface area contributed by atoms with Crippen molar-refractivity contribution in [3.8, 4) is 0 Å². The van der Waals surface area contributed by atoms with Crippen LogP contribution in [-0.4, -0.2) is 24.0 Å². The number of rotatable bonds is 1. The lowest BCUT2D eigenvalue weighted by molar-refractivity contribution is -0.126. The van der Waals surface area contributed by atoms with E-state index in [4.69, 9.17) is 0 Å². The fourth-order valence-electron chi connectivity index (χ4n) is 3.20. The zero-order valence-electron chi connectivity index (χ0n) is 11.4. The van der Waals surface area contributed by atoms with Gasteiger partial charge in [0.1, 0.15) is 0 Å². The van der Waals surface area contributed by atoms with E-state index in [0.29, 0.717) is 0 Å². The first-order chi connectivity index (χ1) is 7.96. The smallest absolute Gasteiger partial charge is 0.237 e. The maximum absolute atomic E-state index is 12.1. The molecule has 2 rings (SSSR count). The van der Waals surface area contributed by atoms with E-state index in [1.54, 1.807) is 0 Å². The van der Waals surface area contributed by atoms with Crippen LogP contribution in [0.25, 0.3) is 0 Å². The standard InChI is InChI=1S/C14H26N2O/c1-14(2,3)16-13(17)12-8-10-6-4-5-7-11(10)9-15-12/h10-12,15H,4-9H2,1-3H3,(H,16,17)/t10-,11?,12?/m0/s1. The molecule has 3 heteroatoms. The Morgan fingerprint density at radius 2 is 1.82 bits per heavy atom. The highest BCUT2D eigenvalue weighted by Crippen LogP contribution is 2.35. The number of nitrogens with one attached hydrogen (secondary N) is 2. The Morgan fingerprint density at radius 3 is 2.47 bits per heavy atom. The Bertz CT molecular complexity index is 282. The summed E-state index contributed by atoms with van der Waals surface area (Å²) in [6.45, 7) is 7.15. The number of amides is 1. The summed E-state index contributed by atoms with van der Waals surface area (Å²) in [5, 5.41) is 6.51. The van der Waals surface area contributed by atoms with Crippen molar-refractivity contribution in [1.82, 2.24) is 10.6 Å². The van der Waals surface area contributed by atoms with Crippen LogP contribution in [0, 0.1) is 11.8 Å². The summed E-state index contributed by atoms with van der Waals surface area (Å²) in [5.74, 6) is 1.78. The SMILES string of the molecule is CC(C)(C)NC(=O)C1C[C@@H]2CCCCC2CN1. The molecule has 1 heterocycles. The average Bonchev–Trinajstić information content (AvgIpc) is 2.26. The second-order valence-corrected chi connectivity index (χ2v) is 6.74. The number of carbonyl (C=O) groups excluding carboxylic acids is 1. The third kappa shape index (κ3) is 3.44. The van der Waals surface area contributed by atoms with Crippen LogP contribution >= 0.6 is 0 Å². The molecule has 0 bridgehead atoms. The number of piperidine rings is 1. The molecule has 2 unspecified atom stereocenters. The van der Waals surface area contributed by atoms with Crippen molar-refractivity contribution in [2.45, 2.75) is 64.5 Å². The molecule has 2 N–H and O–H groups in total. The summed E-state index contributed by atoms with van der Waals surface area (Å²) in [4.78, 5) is 12.1. The highest BCUT2D eigenvalue weighted by Gasteiger charge is 2.35. The van der Waals surface area contributed by atoms with Crippen LogP contribution in [0.1, 0.15) is 52.9 Å². The van der Waals surface area contributed by atoms with Gasteiger partial charge in [-0.05, 0) is 52.0 Å². The zero-order valence-corrected chi connectivity index (χ0v) is 11.4. The van der Waals surface area contributed by atoms with Crippen molar-refractivity contribution in [1.29, 1.82) is 0 Å². The molecule has 98 valence electrons. The first-order valence-corrected chi connectivity index (χ1v) is 7.01. The van der Waals surface area contributed by atoms with Gasteiger partial charge in [0.2, 0.25) is 5.91 Å². The van der Waals surface area contributed by atoms with Crippen LogP contribution in [0.5, 0.6) is 0 Å². The van der Waals surface area contributed by atoms with E-state index in [2.05, 4.69) is 10.6 Å². The largest absolute Gasteiger partial charge is 0.350 e. The summed E-state index contributed by atoms with van der Waals surface area (Å²) in [7, 11) is 0. The third-order valence-corrected chi connectivity index (χ3v) is 4.05. The van der Waals surface area contributed by atoms with E-state index in [1.807, 2.05) is 20.8 Å². The molecule has 1 saturated heterocycles. The molecule has 17 heavy (non-hydrogen) atoms. The van der Waals surface area contributed by atoms with Crippen molar-refractivity contribution in [3.05, 3.63) is 0 Å². The van der Waals surface area contributed by atoms with E-state index in [9.17, 15) is 4.79 Å². The maximum atomic E-state index is 12.1.